The molecule has 0 aliphatic carbocycles. The second-order valence-electron chi connectivity index (χ2n) is 3.81. The van der Waals surface area contributed by atoms with Crippen molar-refractivity contribution >= 4 is 28.8 Å². The van der Waals surface area contributed by atoms with Crippen LogP contribution in [0.15, 0.2) is 18.2 Å². The van der Waals surface area contributed by atoms with Gasteiger partial charge >= 0.3 is 0 Å². The SMILES string of the molecule is CCOc1ccc(OCC)c2nc(Cl)c(C=O)cc12. The van der Waals surface area contributed by atoms with Crippen LogP contribution in [0, 0.1) is 0 Å². The molecule has 1 aromatic carbocycles. The lowest BCUT2D eigenvalue weighted by molar-refractivity contribution is 0.112. The Hall–Kier alpha value is -1.81. The molecule has 5 heteroatoms. The van der Waals surface area contributed by atoms with Crippen LogP contribution in [0.25, 0.3) is 10.9 Å². The van der Waals surface area contributed by atoms with Gasteiger partial charge in [0, 0.05) is 5.39 Å². The zero-order valence-corrected chi connectivity index (χ0v) is 11.5. The van der Waals surface area contributed by atoms with Gasteiger partial charge in [0.15, 0.2) is 6.29 Å². The quantitative estimate of drug-likeness (QED) is 0.621. The lowest BCUT2D eigenvalue weighted by atomic mass is 10.1. The minimum atomic E-state index is 0.164. The van der Waals surface area contributed by atoms with Crippen LogP contribution in [-0.4, -0.2) is 24.5 Å². The van der Waals surface area contributed by atoms with E-state index < -0.39 is 0 Å². The maximum Gasteiger partial charge on any atom is 0.153 e. The lowest BCUT2D eigenvalue weighted by Crippen LogP contribution is -1.99. The van der Waals surface area contributed by atoms with E-state index in [-0.39, 0.29) is 5.15 Å². The number of rotatable bonds is 5. The molecule has 100 valence electrons. The van der Waals surface area contributed by atoms with Crippen molar-refractivity contribution in [2.24, 2.45) is 0 Å². The molecular formula is C14H14ClNO3. The number of pyridine rings is 1. The Morgan fingerprint density at radius 2 is 1.84 bits per heavy atom. The van der Waals surface area contributed by atoms with Gasteiger partial charge in [0.25, 0.3) is 0 Å². The molecule has 0 N–H and O–H groups in total. The Balaban J connectivity index is 2.72. The predicted molar refractivity (Wildman–Crippen MR) is 74.5 cm³/mol. The predicted octanol–water partition coefficient (Wildman–Crippen LogP) is 3.50. The summed E-state index contributed by atoms with van der Waals surface area (Å²) in [5.74, 6) is 1.29. The average Bonchev–Trinajstić information content (AvgIpc) is 2.41. The molecule has 0 saturated carbocycles. The highest BCUT2D eigenvalue weighted by molar-refractivity contribution is 6.32. The fraction of sp³-hybridized carbons (Fsp3) is 0.286. The number of aldehydes is 1. The van der Waals surface area contributed by atoms with E-state index in [4.69, 9.17) is 21.1 Å². The summed E-state index contributed by atoms with van der Waals surface area (Å²) in [4.78, 5) is 15.2. The molecule has 0 aliphatic heterocycles. The molecule has 0 saturated heterocycles. The fourth-order valence-corrected chi connectivity index (χ4v) is 2.02. The second kappa shape index (κ2) is 5.89. The van der Waals surface area contributed by atoms with Gasteiger partial charge in [-0.2, -0.15) is 0 Å². The van der Waals surface area contributed by atoms with E-state index in [1.54, 1.807) is 18.2 Å². The third kappa shape index (κ3) is 2.63. The van der Waals surface area contributed by atoms with Crippen molar-refractivity contribution in [2.75, 3.05) is 13.2 Å². The average molecular weight is 280 g/mol. The molecule has 0 aliphatic rings. The summed E-state index contributed by atoms with van der Waals surface area (Å²) < 4.78 is 11.1. The van der Waals surface area contributed by atoms with E-state index in [2.05, 4.69) is 4.98 Å². The number of nitrogens with zero attached hydrogens (tertiary/aromatic N) is 1. The van der Waals surface area contributed by atoms with E-state index in [0.717, 1.165) is 5.39 Å². The van der Waals surface area contributed by atoms with Crippen molar-refractivity contribution in [3.8, 4) is 11.5 Å². The minimum absolute atomic E-state index is 0.164. The van der Waals surface area contributed by atoms with Gasteiger partial charge in [0.1, 0.15) is 22.2 Å². The van der Waals surface area contributed by atoms with Crippen LogP contribution in [0.3, 0.4) is 0 Å². The largest absolute Gasteiger partial charge is 0.493 e. The molecule has 19 heavy (non-hydrogen) atoms. The monoisotopic (exact) mass is 279 g/mol. The van der Waals surface area contributed by atoms with Gasteiger partial charge in [-0.3, -0.25) is 4.79 Å². The normalized spacial score (nSPS) is 10.5. The maximum absolute atomic E-state index is 11.0. The van der Waals surface area contributed by atoms with E-state index in [9.17, 15) is 4.79 Å². The molecule has 0 atom stereocenters. The molecule has 0 unspecified atom stereocenters. The number of halogens is 1. The van der Waals surface area contributed by atoms with Crippen LogP contribution in [0.2, 0.25) is 5.15 Å². The molecule has 2 rings (SSSR count). The summed E-state index contributed by atoms with van der Waals surface area (Å²) in [6, 6.07) is 5.27. The highest BCUT2D eigenvalue weighted by Gasteiger charge is 2.13. The van der Waals surface area contributed by atoms with Gasteiger partial charge in [-0.05, 0) is 32.0 Å². The summed E-state index contributed by atoms with van der Waals surface area (Å²) in [6.07, 6.45) is 0.678. The number of carbonyl (C=O) groups is 1. The molecular weight excluding hydrogens is 266 g/mol. The summed E-state index contributed by atoms with van der Waals surface area (Å²) >= 11 is 5.97. The van der Waals surface area contributed by atoms with Gasteiger partial charge in [-0.25, -0.2) is 4.98 Å². The standard InChI is InChI=1S/C14H14ClNO3/c1-3-18-11-5-6-12(19-4-2)13-10(11)7-9(8-17)14(15)16-13/h5-8H,3-4H2,1-2H3. The summed E-state index contributed by atoms with van der Waals surface area (Å²) in [6.45, 7) is 4.84. The molecule has 0 amide bonds. The van der Waals surface area contributed by atoms with E-state index in [1.807, 2.05) is 13.8 Å². The van der Waals surface area contributed by atoms with Crippen LogP contribution in [0.5, 0.6) is 11.5 Å². The Morgan fingerprint density at radius 3 is 2.47 bits per heavy atom. The molecule has 1 heterocycles. The number of aromatic nitrogens is 1. The van der Waals surface area contributed by atoms with Crippen molar-refractivity contribution in [1.82, 2.24) is 4.98 Å². The topological polar surface area (TPSA) is 48.4 Å². The van der Waals surface area contributed by atoms with E-state index in [0.29, 0.717) is 42.1 Å². The number of hydrogen-bond acceptors (Lipinski definition) is 4. The van der Waals surface area contributed by atoms with Crippen molar-refractivity contribution in [1.29, 1.82) is 0 Å². The van der Waals surface area contributed by atoms with Crippen LogP contribution in [-0.2, 0) is 0 Å². The number of hydrogen-bond donors (Lipinski definition) is 0. The van der Waals surface area contributed by atoms with E-state index in [1.165, 1.54) is 0 Å². The third-order valence-corrected chi connectivity index (χ3v) is 2.92. The Morgan fingerprint density at radius 1 is 1.21 bits per heavy atom. The van der Waals surface area contributed by atoms with Gasteiger partial charge in [-0.1, -0.05) is 11.6 Å². The van der Waals surface area contributed by atoms with Crippen LogP contribution < -0.4 is 9.47 Å². The Kier molecular flexibility index (Phi) is 4.22. The van der Waals surface area contributed by atoms with Gasteiger partial charge in [0.2, 0.25) is 0 Å². The first-order valence-electron chi connectivity index (χ1n) is 6.05. The summed E-state index contributed by atoms with van der Waals surface area (Å²) in [7, 11) is 0. The van der Waals surface area contributed by atoms with Gasteiger partial charge in [-0.15, -0.1) is 0 Å². The lowest BCUT2D eigenvalue weighted by Gasteiger charge is -2.12. The molecule has 0 fully saturated rings. The first kappa shape index (κ1) is 13.6. The second-order valence-corrected chi connectivity index (χ2v) is 4.17. The zero-order chi connectivity index (χ0) is 13.8. The van der Waals surface area contributed by atoms with Crippen molar-refractivity contribution in [3.05, 3.63) is 28.9 Å². The Bertz CT molecular complexity index is 613. The van der Waals surface area contributed by atoms with Gasteiger partial charge < -0.3 is 9.47 Å². The molecule has 4 nitrogen and oxygen atoms in total. The summed E-state index contributed by atoms with van der Waals surface area (Å²) in [5, 5.41) is 0.886. The maximum atomic E-state index is 11.0. The molecule has 0 bridgehead atoms. The van der Waals surface area contributed by atoms with Crippen LogP contribution in [0.1, 0.15) is 24.2 Å². The van der Waals surface area contributed by atoms with Crippen molar-refractivity contribution < 1.29 is 14.3 Å². The molecule has 2 aromatic rings. The fourth-order valence-electron chi connectivity index (χ4n) is 1.84. The van der Waals surface area contributed by atoms with Crippen molar-refractivity contribution in [3.63, 3.8) is 0 Å². The van der Waals surface area contributed by atoms with Gasteiger partial charge in [0.05, 0.1) is 18.8 Å². The first-order chi connectivity index (χ1) is 9.21. The van der Waals surface area contributed by atoms with Crippen LogP contribution in [0.4, 0.5) is 0 Å². The first-order valence-corrected chi connectivity index (χ1v) is 6.43. The number of benzene rings is 1. The highest BCUT2D eigenvalue weighted by atomic mass is 35.5. The number of ether oxygens (including phenoxy) is 2. The smallest absolute Gasteiger partial charge is 0.153 e. The third-order valence-electron chi connectivity index (χ3n) is 2.61. The highest BCUT2D eigenvalue weighted by Crippen LogP contribution is 2.34. The molecule has 1 aromatic heterocycles. The minimum Gasteiger partial charge on any atom is -0.493 e. The Labute approximate surface area is 116 Å². The molecule has 0 radical (unpaired) electrons. The zero-order valence-electron chi connectivity index (χ0n) is 10.8. The van der Waals surface area contributed by atoms with E-state index >= 15 is 0 Å². The van der Waals surface area contributed by atoms with Crippen molar-refractivity contribution in [2.45, 2.75) is 13.8 Å². The number of fused-ring (bicyclic) bond motifs is 1. The molecule has 0 spiro atoms. The van der Waals surface area contributed by atoms with Crippen LogP contribution >= 0.6 is 11.6 Å². The number of carbonyl (C=O) groups excluding carboxylic acids is 1. The summed E-state index contributed by atoms with van der Waals surface area (Å²) in [5.41, 5.74) is 0.937.